The minimum atomic E-state index is -0.505. The molecule has 0 bridgehead atoms. The van der Waals surface area contributed by atoms with Crippen molar-refractivity contribution in [2.24, 2.45) is 5.92 Å². The van der Waals surface area contributed by atoms with E-state index in [2.05, 4.69) is 10.2 Å². The van der Waals surface area contributed by atoms with Crippen molar-refractivity contribution in [1.82, 2.24) is 10.2 Å². The highest BCUT2D eigenvalue weighted by atomic mass is 19.1. The topological polar surface area (TPSA) is 15.3 Å². The molecule has 1 aromatic carbocycles. The third-order valence-corrected chi connectivity index (χ3v) is 5.20. The van der Waals surface area contributed by atoms with Crippen LogP contribution in [0.4, 0.5) is 8.78 Å². The lowest BCUT2D eigenvalue weighted by molar-refractivity contribution is 0.125. The molecule has 4 heteroatoms. The van der Waals surface area contributed by atoms with E-state index >= 15 is 0 Å². The number of rotatable bonds is 3. The molecule has 0 spiro atoms. The van der Waals surface area contributed by atoms with Crippen LogP contribution < -0.4 is 5.32 Å². The summed E-state index contributed by atoms with van der Waals surface area (Å²) in [5.41, 5.74) is 0.605. The van der Waals surface area contributed by atoms with Gasteiger partial charge in [0.15, 0.2) is 0 Å². The van der Waals surface area contributed by atoms with Gasteiger partial charge in [-0.05, 0) is 64.2 Å². The number of nitrogens with zero attached hydrogens (tertiary/aromatic N) is 1. The molecular formula is C17H24F2N2. The molecular weight excluding hydrogens is 270 g/mol. The van der Waals surface area contributed by atoms with E-state index in [-0.39, 0.29) is 6.04 Å². The lowest BCUT2D eigenvalue weighted by atomic mass is 9.87. The molecule has 1 N–H and O–H groups in total. The molecule has 2 fully saturated rings. The van der Waals surface area contributed by atoms with E-state index in [1.165, 1.54) is 31.7 Å². The predicted octanol–water partition coefficient (Wildman–Crippen LogP) is 3.49. The maximum atomic E-state index is 13.9. The van der Waals surface area contributed by atoms with E-state index < -0.39 is 11.6 Å². The standard InChI is InChI=1S/C17H24F2N2/c1-12(15-5-4-14(18)11-16(15)19)21-9-6-13(7-10-21)17-3-2-8-20-17/h4-5,11-13,17,20H,2-3,6-10H2,1H3. The van der Waals surface area contributed by atoms with Gasteiger partial charge in [-0.1, -0.05) is 6.07 Å². The van der Waals surface area contributed by atoms with Crippen LogP contribution in [0, 0.1) is 17.6 Å². The van der Waals surface area contributed by atoms with Gasteiger partial charge in [0.25, 0.3) is 0 Å². The van der Waals surface area contributed by atoms with Crippen molar-refractivity contribution in [3.05, 3.63) is 35.4 Å². The van der Waals surface area contributed by atoms with Crippen LogP contribution in [0.5, 0.6) is 0 Å². The summed E-state index contributed by atoms with van der Waals surface area (Å²) in [7, 11) is 0. The molecule has 0 radical (unpaired) electrons. The number of likely N-dealkylation sites (tertiary alicyclic amines) is 1. The van der Waals surface area contributed by atoms with Crippen molar-refractivity contribution in [3.63, 3.8) is 0 Å². The van der Waals surface area contributed by atoms with E-state index in [0.717, 1.165) is 31.6 Å². The van der Waals surface area contributed by atoms with Gasteiger partial charge in [-0.25, -0.2) is 8.78 Å². The Morgan fingerprint density at radius 2 is 1.95 bits per heavy atom. The molecule has 1 aromatic rings. The van der Waals surface area contributed by atoms with Gasteiger partial charge in [-0.15, -0.1) is 0 Å². The molecule has 0 aromatic heterocycles. The first-order valence-corrected chi connectivity index (χ1v) is 8.07. The Morgan fingerprint density at radius 1 is 1.19 bits per heavy atom. The number of hydrogen-bond donors (Lipinski definition) is 1. The Balaban J connectivity index is 1.60. The summed E-state index contributed by atoms with van der Waals surface area (Å²) in [6.45, 7) is 5.17. The van der Waals surface area contributed by atoms with Gasteiger partial charge in [0.1, 0.15) is 11.6 Å². The summed E-state index contributed by atoms with van der Waals surface area (Å²) in [6.07, 6.45) is 4.94. The highest BCUT2D eigenvalue weighted by molar-refractivity contribution is 5.22. The smallest absolute Gasteiger partial charge is 0.130 e. The van der Waals surface area contributed by atoms with Crippen molar-refractivity contribution < 1.29 is 8.78 Å². The minimum Gasteiger partial charge on any atom is -0.314 e. The maximum absolute atomic E-state index is 13.9. The first kappa shape index (κ1) is 14.9. The fourth-order valence-electron chi connectivity index (χ4n) is 3.86. The largest absolute Gasteiger partial charge is 0.314 e. The number of halogens is 2. The van der Waals surface area contributed by atoms with E-state index in [1.54, 1.807) is 6.07 Å². The van der Waals surface area contributed by atoms with E-state index in [1.807, 2.05) is 6.92 Å². The Labute approximate surface area is 125 Å². The van der Waals surface area contributed by atoms with Gasteiger partial charge in [0.05, 0.1) is 0 Å². The zero-order valence-corrected chi connectivity index (χ0v) is 12.6. The molecule has 2 atom stereocenters. The molecule has 2 nitrogen and oxygen atoms in total. The second-order valence-corrected chi connectivity index (χ2v) is 6.42. The fourth-order valence-corrected chi connectivity index (χ4v) is 3.86. The van der Waals surface area contributed by atoms with Crippen LogP contribution in [0.1, 0.15) is 44.2 Å². The summed E-state index contributed by atoms with van der Waals surface area (Å²) >= 11 is 0. The number of benzene rings is 1. The SMILES string of the molecule is CC(c1ccc(F)cc1F)N1CCC(C2CCCN2)CC1. The lowest BCUT2D eigenvalue weighted by Crippen LogP contribution is -2.41. The average molecular weight is 294 g/mol. The molecule has 2 saturated heterocycles. The van der Waals surface area contributed by atoms with E-state index in [4.69, 9.17) is 0 Å². The Morgan fingerprint density at radius 3 is 2.57 bits per heavy atom. The van der Waals surface area contributed by atoms with E-state index in [0.29, 0.717) is 11.6 Å². The third-order valence-electron chi connectivity index (χ3n) is 5.20. The summed E-state index contributed by atoms with van der Waals surface area (Å²) in [5.74, 6) is -0.175. The molecule has 116 valence electrons. The maximum Gasteiger partial charge on any atom is 0.130 e. The molecule has 0 aliphatic carbocycles. The van der Waals surface area contributed by atoms with Gasteiger partial charge in [0, 0.05) is 23.7 Å². The third kappa shape index (κ3) is 3.27. The van der Waals surface area contributed by atoms with Crippen molar-refractivity contribution in [2.45, 2.75) is 44.7 Å². The van der Waals surface area contributed by atoms with Crippen LogP contribution in [0.25, 0.3) is 0 Å². The normalized spacial score (nSPS) is 26.1. The van der Waals surface area contributed by atoms with Crippen LogP contribution >= 0.6 is 0 Å². The molecule has 2 heterocycles. The van der Waals surface area contributed by atoms with Gasteiger partial charge in [-0.3, -0.25) is 4.90 Å². The highest BCUT2D eigenvalue weighted by Crippen LogP contribution is 2.31. The quantitative estimate of drug-likeness (QED) is 0.918. The lowest BCUT2D eigenvalue weighted by Gasteiger charge is -2.38. The van der Waals surface area contributed by atoms with Crippen LogP contribution in [0.15, 0.2) is 18.2 Å². The van der Waals surface area contributed by atoms with Crippen molar-refractivity contribution in [3.8, 4) is 0 Å². The van der Waals surface area contributed by atoms with Crippen molar-refractivity contribution in [2.75, 3.05) is 19.6 Å². The van der Waals surface area contributed by atoms with Gasteiger partial charge >= 0.3 is 0 Å². The van der Waals surface area contributed by atoms with Crippen LogP contribution in [0.2, 0.25) is 0 Å². The van der Waals surface area contributed by atoms with Crippen LogP contribution in [-0.4, -0.2) is 30.6 Å². The average Bonchev–Trinajstić information content (AvgIpc) is 3.01. The first-order valence-electron chi connectivity index (χ1n) is 8.07. The molecule has 2 unspecified atom stereocenters. The van der Waals surface area contributed by atoms with Crippen molar-refractivity contribution in [1.29, 1.82) is 0 Å². The zero-order chi connectivity index (χ0) is 14.8. The molecule has 0 saturated carbocycles. The monoisotopic (exact) mass is 294 g/mol. The Hall–Kier alpha value is -1.00. The summed E-state index contributed by atoms with van der Waals surface area (Å²) in [6, 6.07) is 4.62. The summed E-state index contributed by atoms with van der Waals surface area (Å²) in [4.78, 5) is 2.32. The zero-order valence-electron chi connectivity index (χ0n) is 12.6. The minimum absolute atomic E-state index is 0.0167. The highest BCUT2D eigenvalue weighted by Gasteiger charge is 2.30. The second kappa shape index (κ2) is 6.41. The second-order valence-electron chi connectivity index (χ2n) is 6.42. The number of piperidine rings is 1. The molecule has 21 heavy (non-hydrogen) atoms. The van der Waals surface area contributed by atoms with Gasteiger partial charge in [-0.2, -0.15) is 0 Å². The van der Waals surface area contributed by atoms with Gasteiger partial charge in [0.2, 0.25) is 0 Å². The van der Waals surface area contributed by atoms with Crippen LogP contribution in [-0.2, 0) is 0 Å². The number of hydrogen-bond acceptors (Lipinski definition) is 2. The first-order chi connectivity index (χ1) is 10.1. The summed E-state index contributed by atoms with van der Waals surface area (Å²) in [5, 5.41) is 3.60. The van der Waals surface area contributed by atoms with Crippen LogP contribution in [0.3, 0.4) is 0 Å². The summed E-state index contributed by atoms with van der Waals surface area (Å²) < 4.78 is 26.9. The Bertz CT molecular complexity index is 478. The van der Waals surface area contributed by atoms with Gasteiger partial charge < -0.3 is 5.32 Å². The predicted molar refractivity (Wildman–Crippen MR) is 80.1 cm³/mol. The number of nitrogens with one attached hydrogen (secondary N) is 1. The molecule has 0 amide bonds. The molecule has 2 aliphatic heterocycles. The van der Waals surface area contributed by atoms with E-state index in [9.17, 15) is 8.78 Å². The molecule has 3 rings (SSSR count). The van der Waals surface area contributed by atoms with Crippen molar-refractivity contribution >= 4 is 0 Å². The fraction of sp³-hybridized carbons (Fsp3) is 0.647. The Kier molecular flexibility index (Phi) is 4.55. The molecule has 2 aliphatic rings.